The highest BCUT2D eigenvalue weighted by atomic mass is 32.1. The van der Waals surface area contributed by atoms with Crippen LogP contribution in [0.3, 0.4) is 0 Å². The third kappa shape index (κ3) is 3.53. The maximum atomic E-state index is 6.28. The quantitative estimate of drug-likeness (QED) is 0.227. The molecule has 8 rings (SSSR count). The van der Waals surface area contributed by atoms with Gasteiger partial charge in [-0.25, -0.2) is 0 Å². The topological polar surface area (TPSA) is 9.23 Å². The van der Waals surface area contributed by atoms with E-state index in [2.05, 4.69) is 133 Å². The van der Waals surface area contributed by atoms with Crippen LogP contribution < -0.4 is 4.74 Å². The average Bonchev–Trinajstić information content (AvgIpc) is 3.40. The molecule has 1 aliphatic rings. The van der Waals surface area contributed by atoms with Crippen molar-refractivity contribution in [1.29, 1.82) is 0 Å². The second kappa shape index (κ2) is 8.97. The van der Waals surface area contributed by atoms with E-state index in [0.717, 1.165) is 5.75 Å². The molecular formula is C37H24OS. The van der Waals surface area contributed by atoms with Gasteiger partial charge in [0, 0.05) is 48.3 Å². The van der Waals surface area contributed by atoms with E-state index in [-0.39, 0.29) is 0 Å². The van der Waals surface area contributed by atoms with Crippen molar-refractivity contribution in [3.8, 4) is 48.9 Å². The minimum absolute atomic E-state index is 0.577. The molecule has 0 aliphatic carbocycles. The van der Waals surface area contributed by atoms with Gasteiger partial charge in [-0.2, -0.15) is 0 Å². The van der Waals surface area contributed by atoms with E-state index >= 15 is 0 Å². The number of benzene rings is 6. The van der Waals surface area contributed by atoms with E-state index in [4.69, 9.17) is 4.74 Å². The Hall–Kier alpha value is -4.66. The van der Waals surface area contributed by atoms with Crippen LogP contribution in [-0.4, -0.2) is 0 Å². The zero-order valence-electron chi connectivity index (χ0n) is 21.2. The van der Waals surface area contributed by atoms with E-state index in [0.29, 0.717) is 6.61 Å². The predicted molar refractivity (Wildman–Crippen MR) is 165 cm³/mol. The SMILES string of the molecule is c1ccc(-c2ccccc2-c2sc(-c3cc4ccccc4c4c3-c3ccccc3OC4)c3ccccc23)cc1. The largest absolute Gasteiger partial charge is 0.488 e. The Morgan fingerprint density at radius 3 is 1.87 bits per heavy atom. The monoisotopic (exact) mass is 516 g/mol. The molecule has 0 atom stereocenters. The predicted octanol–water partition coefficient (Wildman–Crippen LogP) is 10.6. The molecule has 2 heterocycles. The van der Waals surface area contributed by atoms with Crippen LogP contribution in [0.5, 0.6) is 5.75 Å². The van der Waals surface area contributed by atoms with E-state index < -0.39 is 0 Å². The molecule has 1 aromatic heterocycles. The Balaban J connectivity index is 1.46. The van der Waals surface area contributed by atoms with E-state index in [9.17, 15) is 0 Å². The Kier molecular flexibility index (Phi) is 5.14. The summed E-state index contributed by atoms with van der Waals surface area (Å²) in [4.78, 5) is 2.62. The molecule has 1 nitrogen and oxygen atoms in total. The lowest BCUT2D eigenvalue weighted by Crippen LogP contribution is -2.07. The second-order valence-electron chi connectivity index (χ2n) is 10.0. The Morgan fingerprint density at radius 2 is 1.08 bits per heavy atom. The van der Waals surface area contributed by atoms with Crippen molar-refractivity contribution in [1.82, 2.24) is 0 Å². The fourth-order valence-electron chi connectivity index (χ4n) is 6.05. The molecule has 0 unspecified atom stereocenters. The number of thiophene rings is 1. The minimum atomic E-state index is 0.577. The first kappa shape index (κ1) is 22.3. The lowest BCUT2D eigenvalue weighted by Gasteiger charge is -2.25. The van der Waals surface area contributed by atoms with Gasteiger partial charge < -0.3 is 4.74 Å². The van der Waals surface area contributed by atoms with Crippen LogP contribution in [0.15, 0.2) is 133 Å². The highest BCUT2D eigenvalue weighted by Gasteiger charge is 2.26. The van der Waals surface area contributed by atoms with Crippen molar-refractivity contribution in [3.05, 3.63) is 139 Å². The summed E-state index contributed by atoms with van der Waals surface area (Å²) in [6, 6.07) is 47.9. The lowest BCUT2D eigenvalue weighted by molar-refractivity contribution is 0.304. The normalized spacial score (nSPS) is 12.2. The van der Waals surface area contributed by atoms with Gasteiger partial charge in [0.15, 0.2) is 0 Å². The summed E-state index contributed by atoms with van der Waals surface area (Å²) in [6.45, 7) is 0.577. The van der Waals surface area contributed by atoms with E-state index in [1.54, 1.807) is 0 Å². The van der Waals surface area contributed by atoms with E-state index in [1.807, 2.05) is 11.3 Å². The average molecular weight is 517 g/mol. The summed E-state index contributed by atoms with van der Waals surface area (Å²) < 4.78 is 6.28. The summed E-state index contributed by atoms with van der Waals surface area (Å²) in [5.74, 6) is 0.956. The van der Waals surface area contributed by atoms with Gasteiger partial charge in [-0.05, 0) is 34.0 Å². The van der Waals surface area contributed by atoms with Gasteiger partial charge in [0.2, 0.25) is 0 Å². The van der Waals surface area contributed by atoms with Crippen molar-refractivity contribution in [3.63, 3.8) is 0 Å². The van der Waals surface area contributed by atoms with Crippen molar-refractivity contribution in [2.75, 3.05) is 0 Å². The zero-order chi connectivity index (χ0) is 25.8. The number of fused-ring (bicyclic) bond motifs is 6. The number of hydrogen-bond acceptors (Lipinski definition) is 2. The summed E-state index contributed by atoms with van der Waals surface area (Å²) >= 11 is 1.90. The van der Waals surface area contributed by atoms with Gasteiger partial charge >= 0.3 is 0 Å². The van der Waals surface area contributed by atoms with Gasteiger partial charge in [0.1, 0.15) is 12.4 Å². The minimum Gasteiger partial charge on any atom is -0.488 e. The maximum absolute atomic E-state index is 6.28. The van der Waals surface area contributed by atoms with Crippen LogP contribution in [0.4, 0.5) is 0 Å². The van der Waals surface area contributed by atoms with Gasteiger partial charge in [0.25, 0.3) is 0 Å². The van der Waals surface area contributed by atoms with Crippen LogP contribution in [0.25, 0.3) is 64.7 Å². The molecule has 184 valence electrons. The summed E-state index contributed by atoms with van der Waals surface area (Å²) in [7, 11) is 0. The molecule has 0 amide bonds. The highest BCUT2D eigenvalue weighted by molar-refractivity contribution is 7.21. The van der Waals surface area contributed by atoms with Gasteiger partial charge in [-0.1, -0.05) is 121 Å². The maximum Gasteiger partial charge on any atom is 0.127 e. The number of ether oxygens (including phenoxy) is 1. The Labute approximate surface area is 231 Å². The molecule has 0 saturated carbocycles. The van der Waals surface area contributed by atoms with E-state index in [1.165, 1.54) is 70.2 Å². The molecular weight excluding hydrogens is 492 g/mol. The summed E-state index contributed by atoms with van der Waals surface area (Å²) in [6.07, 6.45) is 0. The first-order valence-corrected chi connectivity index (χ1v) is 14.1. The highest BCUT2D eigenvalue weighted by Crippen LogP contribution is 2.52. The fourth-order valence-corrected chi connectivity index (χ4v) is 7.39. The number of para-hydroxylation sites is 1. The van der Waals surface area contributed by atoms with Crippen molar-refractivity contribution >= 4 is 32.9 Å². The zero-order valence-corrected chi connectivity index (χ0v) is 22.0. The molecule has 0 bridgehead atoms. The van der Waals surface area contributed by atoms with Crippen LogP contribution in [0, 0.1) is 0 Å². The summed E-state index contributed by atoms with van der Waals surface area (Å²) in [5.41, 5.74) is 8.79. The molecule has 6 aromatic carbocycles. The van der Waals surface area contributed by atoms with Gasteiger partial charge in [0.05, 0.1) is 0 Å². The molecule has 0 saturated heterocycles. The van der Waals surface area contributed by atoms with Gasteiger partial charge in [-0.3, -0.25) is 0 Å². The third-order valence-corrected chi connectivity index (χ3v) is 9.09. The first-order valence-electron chi connectivity index (χ1n) is 13.3. The van der Waals surface area contributed by atoms with Crippen LogP contribution in [0.1, 0.15) is 5.56 Å². The van der Waals surface area contributed by atoms with Crippen LogP contribution in [0.2, 0.25) is 0 Å². The molecule has 0 spiro atoms. The lowest BCUT2D eigenvalue weighted by atomic mass is 9.87. The van der Waals surface area contributed by atoms with Crippen molar-refractivity contribution < 1.29 is 4.74 Å². The molecule has 1 aliphatic heterocycles. The molecule has 0 radical (unpaired) electrons. The molecule has 0 fully saturated rings. The fraction of sp³-hybridized carbons (Fsp3) is 0.0270. The molecule has 0 N–H and O–H groups in total. The summed E-state index contributed by atoms with van der Waals surface area (Å²) in [5, 5.41) is 5.10. The standard InChI is InChI=1S/C37H24OS/c1-2-12-24(13-3-1)26-15-6-7-17-28(26)36-29-18-8-9-19-30(29)37(39-36)32-22-25-14-4-5-16-27(25)33-23-38-34-21-11-10-20-31(34)35(32)33/h1-22H,23H2. The Morgan fingerprint density at radius 1 is 0.487 bits per heavy atom. The number of rotatable bonds is 3. The first-order chi connectivity index (χ1) is 19.4. The second-order valence-corrected chi connectivity index (χ2v) is 11.0. The van der Waals surface area contributed by atoms with Crippen LogP contribution in [-0.2, 0) is 6.61 Å². The molecule has 7 aromatic rings. The molecule has 2 heteroatoms. The van der Waals surface area contributed by atoms with Crippen molar-refractivity contribution in [2.24, 2.45) is 0 Å². The smallest absolute Gasteiger partial charge is 0.127 e. The molecule has 39 heavy (non-hydrogen) atoms. The number of hydrogen-bond donors (Lipinski definition) is 0. The van der Waals surface area contributed by atoms with Gasteiger partial charge in [-0.15, -0.1) is 11.3 Å². The third-order valence-electron chi connectivity index (χ3n) is 7.81. The van der Waals surface area contributed by atoms with Crippen LogP contribution >= 0.6 is 11.3 Å². The van der Waals surface area contributed by atoms with Crippen molar-refractivity contribution in [2.45, 2.75) is 6.61 Å². The Bertz CT molecular complexity index is 2020.